The van der Waals surface area contributed by atoms with Gasteiger partial charge in [0.15, 0.2) is 6.19 Å². The predicted octanol–water partition coefficient (Wildman–Crippen LogP) is 0.760. The average Bonchev–Trinajstić information content (AvgIpc) is 2.06. The second-order valence-corrected chi connectivity index (χ2v) is 2.37. The molecule has 70 valence electrons. The summed E-state index contributed by atoms with van der Waals surface area (Å²) in [5.41, 5.74) is 0.957. The number of rotatable bonds is 1. The molecule has 0 radical (unpaired) electrons. The Morgan fingerprint density at radius 2 is 2.38 bits per heavy atom. The van der Waals surface area contributed by atoms with Gasteiger partial charge in [-0.25, -0.2) is 0 Å². The van der Waals surface area contributed by atoms with Gasteiger partial charge in [-0.15, -0.1) is 0 Å². The van der Waals surface area contributed by atoms with E-state index in [2.05, 4.69) is 10.3 Å². The molecule has 4 heteroatoms. The van der Waals surface area contributed by atoms with Crippen LogP contribution in [-0.2, 0) is 0 Å². The van der Waals surface area contributed by atoms with Crippen LogP contribution in [0.5, 0.6) is 0 Å². The van der Waals surface area contributed by atoms with E-state index < -0.39 is 0 Å². The average molecular weight is 179 g/mol. The summed E-state index contributed by atoms with van der Waals surface area (Å²) >= 11 is 0. The zero-order chi connectivity index (χ0) is 10.1. The number of nitrogens with one attached hydrogen (secondary N) is 2. The fourth-order valence-electron chi connectivity index (χ4n) is 0.631. The molecule has 0 amide bonds. The summed E-state index contributed by atoms with van der Waals surface area (Å²) in [6.45, 7) is 4.50. The van der Waals surface area contributed by atoms with Crippen LogP contribution in [0.25, 0.3) is 0 Å². The molecule has 4 nitrogen and oxygen atoms in total. The van der Waals surface area contributed by atoms with Crippen molar-refractivity contribution in [3.63, 3.8) is 0 Å². The van der Waals surface area contributed by atoms with Crippen molar-refractivity contribution in [2.45, 2.75) is 13.8 Å². The number of H-pyrrole nitrogens is 1. The molecule has 1 aromatic heterocycles. The third-order valence-electron chi connectivity index (χ3n) is 1.19. The number of aryl methyl sites for hydroxylation is 1. The van der Waals surface area contributed by atoms with E-state index in [0.717, 1.165) is 12.1 Å². The van der Waals surface area contributed by atoms with Crippen LogP contribution < -0.4 is 10.9 Å². The summed E-state index contributed by atoms with van der Waals surface area (Å²) in [5.74, 6) is 0. The Bertz CT molecular complexity index is 324. The molecular formula is C9H13N3O. The summed E-state index contributed by atoms with van der Waals surface area (Å²) in [6.07, 6.45) is 3.40. The number of hydrogen-bond donors (Lipinski definition) is 2. The normalized spacial score (nSPS) is 7.77. The molecule has 1 heterocycles. The maximum atomic E-state index is 10.4. The van der Waals surface area contributed by atoms with E-state index in [1.807, 2.05) is 19.9 Å². The highest BCUT2D eigenvalue weighted by molar-refractivity contribution is 5.06. The van der Waals surface area contributed by atoms with Crippen LogP contribution in [0, 0.1) is 18.4 Å². The molecular weight excluding hydrogens is 166 g/mol. The van der Waals surface area contributed by atoms with Gasteiger partial charge in [0, 0.05) is 18.8 Å². The van der Waals surface area contributed by atoms with E-state index in [0.29, 0.717) is 0 Å². The molecule has 13 heavy (non-hydrogen) atoms. The molecule has 0 fully saturated rings. The SMILES string of the molecule is CCNC#N.Cc1cc[nH]c(=O)c1. The van der Waals surface area contributed by atoms with Crippen LogP contribution in [0.15, 0.2) is 23.1 Å². The number of aromatic nitrogens is 1. The quantitative estimate of drug-likeness (QED) is 0.494. The lowest BCUT2D eigenvalue weighted by atomic mass is 10.3. The number of pyridine rings is 1. The topological polar surface area (TPSA) is 68.7 Å². The molecule has 0 atom stereocenters. The van der Waals surface area contributed by atoms with Gasteiger partial charge in [-0.1, -0.05) is 0 Å². The molecule has 0 spiro atoms. The monoisotopic (exact) mass is 179 g/mol. The highest BCUT2D eigenvalue weighted by Crippen LogP contribution is 1.84. The van der Waals surface area contributed by atoms with E-state index in [1.54, 1.807) is 18.5 Å². The Hall–Kier alpha value is -1.76. The predicted molar refractivity (Wildman–Crippen MR) is 51.1 cm³/mol. The summed E-state index contributed by atoms with van der Waals surface area (Å²) in [4.78, 5) is 13.0. The van der Waals surface area contributed by atoms with Gasteiger partial charge >= 0.3 is 0 Å². The molecule has 0 unspecified atom stereocenters. The maximum Gasteiger partial charge on any atom is 0.248 e. The van der Waals surface area contributed by atoms with Gasteiger partial charge in [0.25, 0.3) is 0 Å². The lowest BCUT2D eigenvalue weighted by molar-refractivity contribution is 0.934. The molecule has 2 N–H and O–H groups in total. The Morgan fingerprint density at radius 1 is 1.69 bits per heavy atom. The smallest absolute Gasteiger partial charge is 0.248 e. The van der Waals surface area contributed by atoms with Gasteiger partial charge in [-0.3, -0.25) is 4.79 Å². The van der Waals surface area contributed by atoms with Crippen molar-refractivity contribution in [1.29, 1.82) is 5.26 Å². The van der Waals surface area contributed by atoms with Gasteiger partial charge in [0.05, 0.1) is 0 Å². The lowest BCUT2D eigenvalue weighted by Gasteiger charge is -1.83. The number of nitrogens with zero attached hydrogens (tertiary/aromatic N) is 1. The Labute approximate surface area is 77.2 Å². The van der Waals surface area contributed by atoms with Crippen molar-refractivity contribution in [2.75, 3.05) is 6.54 Å². The molecule has 0 aliphatic carbocycles. The van der Waals surface area contributed by atoms with Gasteiger partial charge < -0.3 is 10.3 Å². The summed E-state index contributed by atoms with van der Waals surface area (Å²) < 4.78 is 0. The van der Waals surface area contributed by atoms with Crippen LogP contribution in [0.2, 0.25) is 0 Å². The fraction of sp³-hybridized carbons (Fsp3) is 0.333. The standard InChI is InChI=1S/C6H7NO.C3H6N2/c1-5-2-3-7-6(8)4-5;1-2-5-3-4/h2-4H,1H3,(H,7,8);5H,2H2,1H3. The van der Waals surface area contributed by atoms with E-state index in [9.17, 15) is 4.79 Å². The summed E-state index contributed by atoms with van der Waals surface area (Å²) in [5, 5.41) is 10.1. The first kappa shape index (κ1) is 11.2. The van der Waals surface area contributed by atoms with Gasteiger partial charge in [0.1, 0.15) is 0 Å². The molecule has 1 aromatic rings. The zero-order valence-electron chi connectivity index (χ0n) is 7.79. The lowest BCUT2D eigenvalue weighted by Crippen LogP contribution is -2.01. The zero-order valence-corrected chi connectivity index (χ0v) is 7.79. The Morgan fingerprint density at radius 3 is 2.62 bits per heavy atom. The van der Waals surface area contributed by atoms with Gasteiger partial charge in [-0.05, 0) is 25.5 Å². The van der Waals surface area contributed by atoms with Crippen LogP contribution in [-0.4, -0.2) is 11.5 Å². The first-order valence-electron chi connectivity index (χ1n) is 3.98. The van der Waals surface area contributed by atoms with Crippen molar-refractivity contribution >= 4 is 0 Å². The highest BCUT2D eigenvalue weighted by Gasteiger charge is 1.80. The number of aromatic amines is 1. The van der Waals surface area contributed by atoms with Crippen molar-refractivity contribution in [2.24, 2.45) is 0 Å². The minimum absolute atomic E-state index is 0.0370. The van der Waals surface area contributed by atoms with E-state index >= 15 is 0 Å². The fourth-order valence-corrected chi connectivity index (χ4v) is 0.631. The first-order valence-corrected chi connectivity index (χ1v) is 3.98. The minimum atomic E-state index is -0.0370. The third kappa shape index (κ3) is 6.63. The molecule has 0 bridgehead atoms. The Balaban J connectivity index is 0.000000252. The molecule has 1 rings (SSSR count). The molecule has 0 aliphatic rings. The molecule has 0 aromatic carbocycles. The van der Waals surface area contributed by atoms with Crippen molar-refractivity contribution in [1.82, 2.24) is 10.3 Å². The Kier molecular flexibility index (Phi) is 5.98. The molecule has 0 aliphatic heterocycles. The van der Waals surface area contributed by atoms with Crippen LogP contribution >= 0.6 is 0 Å². The van der Waals surface area contributed by atoms with Crippen molar-refractivity contribution in [3.05, 3.63) is 34.2 Å². The molecule has 0 saturated carbocycles. The minimum Gasteiger partial charge on any atom is -0.329 e. The summed E-state index contributed by atoms with van der Waals surface area (Å²) in [7, 11) is 0. The van der Waals surface area contributed by atoms with Crippen molar-refractivity contribution in [3.8, 4) is 6.19 Å². The number of hydrogen-bond acceptors (Lipinski definition) is 3. The summed E-state index contributed by atoms with van der Waals surface area (Å²) in [6, 6.07) is 3.40. The van der Waals surface area contributed by atoms with Crippen LogP contribution in [0.1, 0.15) is 12.5 Å². The van der Waals surface area contributed by atoms with Gasteiger partial charge in [0.2, 0.25) is 5.56 Å². The van der Waals surface area contributed by atoms with Crippen molar-refractivity contribution < 1.29 is 0 Å². The highest BCUT2D eigenvalue weighted by atomic mass is 16.1. The second-order valence-electron chi connectivity index (χ2n) is 2.37. The van der Waals surface area contributed by atoms with E-state index in [4.69, 9.17) is 5.26 Å². The second kappa shape index (κ2) is 6.92. The third-order valence-corrected chi connectivity index (χ3v) is 1.19. The largest absolute Gasteiger partial charge is 0.329 e. The molecule has 0 saturated heterocycles. The van der Waals surface area contributed by atoms with E-state index in [1.165, 1.54) is 0 Å². The van der Waals surface area contributed by atoms with Gasteiger partial charge in [-0.2, -0.15) is 5.26 Å². The van der Waals surface area contributed by atoms with Crippen LogP contribution in [0.3, 0.4) is 0 Å². The van der Waals surface area contributed by atoms with E-state index in [-0.39, 0.29) is 5.56 Å². The first-order chi connectivity index (χ1) is 6.20. The maximum absolute atomic E-state index is 10.4. The number of nitriles is 1. The van der Waals surface area contributed by atoms with Crippen LogP contribution in [0.4, 0.5) is 0 Å².